The van der Waals surface area contributed by atoms with Gasteiger partial charge in [-0.15, -0.1) is 0 Å². The number of fused-ring (bicyclic) bond motifs is 2. The Morgan fingerprint density at radius 3 is 1.63 bits per heavy atom. The second kappa shape index (κ2) is 12.3. The number of phenolic OH excluding ortho intramolecular Hbond substituents is 1. The summed E-state index contributed by atoms with van der Waals surface area (Å²) in [5.41, 5.74) is 0.426. The molecule has 5 rings (SSSR count). The molecule has 1 N–H and O–H groups in total. The summed E-state index contributed by atoms with van der Waals surface area (Å²) >= 11 is 6.78. The minimum absolute atomic E-state index is 0.0731. The number of ether oxygens (including phenoxy) is 4. The molecule has 5 aromatic carbocycles. The summed E-state index contributed by atoms with van der Waals surface area (Å²) in [6.07, 6.45) is 0. The molecule has 0 amide bonds. The predicted molar refractivity (Wildman–Crippen MR) is 171 cm³/mol. The van der Waals surface area contributed by atoms with Gasteiger partial charge < -0.3 is 24.1 Å². The fourth-order valence-electron chi connectivity index (χ4n) is 5.07. The van der Waals surface area contributed by atoms with Crippen molar-refractivity contribution in [3.8, 4) is 17.2 Å². The monoisotopic (exact) mass is 588 g/mol. The second-order valence-electron chi connectivity index (χ2n) is 10.8. The number of halogens is 1. The van der Waals surface area contributed by atoms with Crippen molar-refractivity contribution < 1.29 is 24.1 Å². The van der Waals surface area contributed by atoms with E-state index in [0.717, 1.165) is 37.7 Å². The van der Waals surface area contributed by atoms with Gasteiger partial charge in [0.25, 0.3) is 0 Å². The van der Waals surface area contributed by atoms with E-state index in [4.69, 9.17) is 30.5 Å². The molecule has 0 aliphatic carbocycles. The van der Waals surface area contributed by atoms with Crippen LogP contribution in [0.2, 0.25) is 5.02 Å². The van der Waals surface area contributed by atoms with Crippen molar-refractivity contribution >= 4 is 57.0 Å². The normalized spacial score (nSPS) is 11.9. The fourth-order valence-corrected chi connectivity index (χ4v) is 7.97. The first-order valence-electron chi connectivity index (χ1n) is 13.3. The van der Waals surface area contributed by atoms with Crippen molar-refractivity contribution in [3.05, 3.63) is 95.5 Å². The van der Waals surface area contributed by atoms with Crippen molar-refractivity contribution in [2.45, 2.75) is 26.2 Å². The van der Waals surface area contributed by atoms with Gasteiger partial charge in [0.05, 0.1) is 0 Å². The lowest BCUT2D eigenvalue weighted by molar-refractivity contribution is 0.0529. The molecule has 0 unspecified atom stereocenters. The van der Waals surface area contributed by atoms with E-state index < -0.39 is 7.92 Å². The Labute approximate surface area is 247 Å². The number of methoxy groups -OCH3 is 2. The summed E-state index contributed by atoms with van der Waals surface area (Å²) in [7, 11) is 1.74. The Morgan fingerprint density at radius 2 is 1.17 bits per heavy atom. The number of rotatable bonds is 9. The molecule has 0 aromatic heterocycles. The number of phenols is 1. The van der Waals surface area contributed by atoms with Crippen molar-refractivity contribution in [2.75, 3.05) is 27.8 Å². The molecular formula is C34H34ClO5P. The van der Waals surface area contributed by atoms with Crippen LogP contribution in [-0.4, -0.2) is 32.9 Å². The Kier molecular flexibility index (Phi) is 8.72. The van der Waals surface area contributed by atoms with Crippen molar-refractivity contribution in [1.82, 2.24) is 0 Å². The fraction of sp³-hybridized carbons (Fsp3) is 0.235. The van der Waals surface area contributed by atoms with E-state index in [1.54, 1.807) is 14.2 Å². The van der Waals surface area contributed by atoms with E-state index >= 15 is 0 Å². The van der Waals surface area contributed by atoms with E-state index in [2.05, 4.69) is 57.2 Å². The van der Waals surface area contributed by atoms with Crippen molar-refractivity contribution in [2.24, 2.45) is 0 Å². The molecule has 0 aliphatic heterocycles. The van der Waals surface area contributed by atoms with Gasteiger partial charge in [-0.3, -0.25) is 0 Å². The molecular weight excluding hydrogens is 555 g/mol. The third kappa shape index (κ3) is 5.86. The summed E-state index contributed by atoms with van der Waals surface area (Å²) in [4.78, 5) is 0. The lowest BCUT2D eigenvalue weighted by atomic mass is 9.86. The smallest absolute Gasteiger partial charge is 0.188 e. The first kappa shape index (κ1) is 29.2. The van der Waals surface area contributed by atoms with Crippen molar-refractivity contribution in [3.63, 3.8) is 0 Å². The van der Waals surface area contributed by atoms with Crippen LogP contribution in [0.3, 0.4) is 0 Å². The first-order valence-corrected chi connectivity index (χ1v) is 15.1. The zero-order valence-corrected chi connectivity index (χ0v) is 25.6. The molecule has 0 bridgehead atoms. The Hall–Kier alpha value is -3.34. The summed E-state index contributed by atoms with van der Waals surface area (Å²) in [5, 5.41) is 19.0. The zero-order valence-electron chi connectivity index (χ0n) is 23.9. The van der Waals surface area contributed by atoms with Crippen LogP contribution in [0.25, 0.3) is 21.5 Å². The Balaban J connectivity index is 1.90. The third-order valence-corrected chi connectivity index (χ3v) is 9.65. The predicted octanol–water partition coefficient (Wildman–Crippen LogP) is 7.37. The van der Waals surface area contributed by atoms with Gasteiger partial charge in [0, 0.05) is 51.5 Å². The maximum Gasteiger partial charge on any atom is 0.188 e. The summed E-state index contributed by atoms with van der Waals surface area (Å²) in [6, 6.07) is 28.2. The second-order valence-corrected chi connectivity index (χ2v) is 13.3. The van der Waals surface area contributed by atoms with Gasteiger partial charge in [-0.2, -0.15) is 0 Å². The van der Waals surface area contributed by atoms with Crippen LogP contribution in [0, 0.1) is 0 Å². The van der Waals surface area contributed by atoms with Gasteiger partial charge in [0.1, 0.15) is 17.2 Å². The van der Waals surface area contributed by atoms with Crippen LogP contribution < -0.4 is 25.4 Å². The highest BCUT2D eigenvalue weighted by molar-refractivity contribution is 7.80. The van der Waals surface area contributed by atoms with Crippen molar-refractivity contribution in [1.29, 1.82) is 0 Å². The van der Waals surface area contributed by atoms with E-state index in [0.29, 0.717) is 21.8 Å². The van der Waals surface area contributed by atoms with Crippen LogP contribution in [0.5, 0.6) is 17.2 Å². The minimum Gasteiger partial charge on any atom is -0.507 e. The van der Waals surface area contributed by atoms with E-state index in [-0.39, 0.29) is 24.8 Å². The van der Waals surface area contributed by atoms with E-state index in [9.17, 15) is 5.11 Å². The number of aromatic hydroxyl groups is 1. The van der Waals surface area contributed by atoms with Gasteiger partial charge in [0.2, 0.25) is 0 Å². The highest BCUT2D eigenvalue weighted by Crippen LogP contribution is 2.47. The average molecular weight is 589 g/mol. The minimum atomic E-state index is -1.46. The molecule has 0 heterocycles. The van der Waals surface area contributed by atoms with Crippen LogP contribution in [0.1, 0.15) is 26.3 Å². The summed E-state index contributed by atoms with van der Waals surface area (Å²) < 4.78 is 23.3. The molecule has 5 aromatic rings. The Bertz CT molecular complexity index is 1600. The molecule has 0 atom stereocenters. The average Bonchev–Trinajstić information content (AvgIpc) is 2.96. The van der Waals surface area contributed by atoms with Gasteiger partial charge >= 0.3 is 0 Å². The zero-order chi connectivity index (χ0) is 29.1. The van der Waals surface area contributed by atoms with Gasteiger partial charge in [-0.05, 0) is 48.4 Å². The molecule has 0 fully saturated rings. The third-order valence-electron chi connectivity index (χ3n) is 6.95. The standard InChI is InChI=1S/C34H34ClO5P/c1-34(2,3)27-18-24(35)19-30(31(27)36)41(28-16-14-22-10-6-8-12-25(22)32(28)39-20-37-4)29-17-15-23-11-7-9-13-26(23)33(29)40-21-38-5/h6-19,36H,20-21H2,1-5H3. The largest absolute Gasteiger partial charge is 0.507 e. The molecule has 0 radical (unpaired) electrons. The number of hydrogen-bond donors (Lipinski definition) is 1. The van der Waals surface area contributed by atoms with E-state index in [1.807, 2.05) is 48.5 Å². The van der Waals surface area contributed by atoms with Gasteiger partial charge in [-0.1, -0.05) is 93.0 Å². The Morgan fingerprint density at radius 1 is 0.683 bits per heavy atom. The van der Waals surface area contributed by atoms with Crippen LogP contribution >= 0.6 is 19.5 Å². The summed E-state index contributed by atoms with van der Waals surface area (Å²) in [6.45, 7) is 6.34. The van der Waals surface area contributed by atoms with E-state index in [1.165, 1.54) is 0 Å². The molecule has 7 heteroatoms. The molecule has 0 saturated carbocycles. The summed E-state index contributed by atoms with van der Waals surface area (Å²) in [5.74, 6) is 1.60. The lowest BCUT2D eigenvalue weighted by Crippen LogP contribution is -2.26. The first-order chi connectivity index (χ1) is 19.7. The topological polar surface area (TPSA) is 57.2 Å². The molecule has 0 saturated heterocycles. The maximum atomic E-state index is 11.9. The maximum absolute atomic E-state index is 11.9. The SMILES string of the molecule is COCOc1c(P(c2cc(Cl)cc(C(C)(C)C)c2O)c2ccc3ccccc3c2OCOC)ccc2ccccc12. The van der Waals surface area contributed by atoms with Gasteiger partial charge in [-0.25, -0.2) is 0 Å². The molecule has 0 aliphatic rings. The van der Waals surface area contributed by atoms with Crippen LogP contribution in [0.15, 0.2) is 84.9 Å². The number of hydrogen-bond acceptors (Lipinski definition) is 5. The molecule has 5 nitrogen and oxygen atoms in total. The van der Waals surface area contributed by atoms with Crippen LogP contribution in [-0.2, 0) is 14.9 Å². The molecule has 212 valence electrons. The molecule has 0 spiro atoms. The molecule has 41 heavy (non-hydrogen) atoms. The highest BCUT2D eigenvalue weighted by atomic mass is 35.5. The quantitative estimate of drug-likeness (QED) is 0.144. The van der Waals surface area contributed by atoms with Gasteiger partial charge in [0.15, 0.2) is 13.6 Å². The van der Waals surface area contributed by atoms with Crippen LogP contribution in [0.4, 0.5) is 0 Å². The number of benzene rings is 5. The highest BCUT2D eigenvalue weighted by Gasteiger charge is 2.31. The lowest BCUT2D eigenvalue weighted by Gasteiger charge is -2.29.